The van der Waals surface area contributed by atoms with Gasteiger partial charge in [0.2, 0.25) is 11.8 Å². The van der Waals surface area contributed by atoms with E-state index in [1.807, 2.05) is 12.1 Å². The molecule has 9 heteroatoms. The molecule has 0 saturated carbocycles. The minimum atomic E-state index is -1.07. The van der Waals surface area contributed by atoms with Crippen LogP contribution in [-0.2, 0) is 16.1 Å². The zero-order valence-electron chi connectivity index (χ0n) is 18.6. The molecular formula is C25H22N4O4S. The molecule has 2 aromatic carbocycles. The summed E-state index contributed by atoms with van der Waals surface area (Å²) >= 11 is 1.16. The van der Waals surface area contributed by atoms with E-state index < -0.39 is 5.54 Å². The number of nitrogens with one attached hydrogen (secondary N) is 1. The van der Waals surface area contributed by atoms with Crippen LogP contribution in [0, 0.1) is 0 Å². The summed E-state index contributed by atoms with van der Waals surface area (Å²) in [7, 11) is 0. The maximum absolute atomic E-state index is 13.5. The molecule has 0 bridgehead atoms. The van der Waals surface area contributed by atoms with Gasteiger partial charge in [-0.1, -0.05) is 36.0 Å². The van der Waals surface area contributed by atoms with E-state index in [0.29, 0.717) is 33.2 Å². The molecule has 0 atom stereocenters. The zero-order chi connectivity index (χ0) is 23.9. The van der Waals surface area contributed by atoms with Crippen molar-refractivity contribution < 1.29 is 14.0 Å². The van der Waals surface area contributed by atoms with Gasteiger partial charge in [0, 0.05) is 0 Å². The summed E-state index contributed by atoms with van der Waals surface area (Å²) in [6.45, 7) is 3.62. The van der Waals surface area contributed by atoms with Gasteiger partial charge in [-0.05, 0) is 50.2 Å². The number of amides is 2. The summed E-state index contributed by atoms with van der Waals surface area (Å²) in [5.74, 6) is 0.0797. The number of carbonyl (C=O) groups excluding carboxylic acids is 2. The number of rotatable bonds is 5. The van der Waals surface area contributed by atoms with Crippen LogP contribution in [0.25, 0.3) is 10.9 Å². The van der Waals surface area contributed by atoms with E-state index in [-0.39, 0.29) is 29.7 Å². The number of carbonyl (C=O) groups is 2. The summed E-state index contributed by atoms with van der Waals surface area (Å²) < 4.78 is 6.96. The van der Waals surface area contributed by atoms with Crippen LogP contribution < -0.4 is 15.8 Å². The highest BCUT2D eigenvalue weighted by Gasteiger charge is 2.43. The van der Waals surface area contributed by atoms with Gasteiger partial charge in [-0.3, -0.25) is 23.9 Å². The van der Waals surface area contributed by atoms with Crippen LogP contribution in [0.15, 0.2) is 81.3 Å². The van der Waals surface area contributed by atoms with Crippen LogP contribution in [0.1, 0.15) is 19.6 Å². The van der Waals surface area contributed by atoms with Crippen molar-refractivity contribution in [1.82, 2.24) is 9.55 Å². The highest BCUT2D eigenvalue weighted by molar-refractivity contribution is 7.99. The quantitative estimate of drug-likeness (QED) is 0.348. The van der Waals surface area contributed by atoms with Gasteiger partial charge in [0.25, 0.3) is 5.56 Å². The molecule has 1 N–H and O–H groups in total. The van der Waals surface area contributed by atoms with Crippen LogP contribution in [0.4, 0.5) is 11.4 Å². The van der Waals surface area contributed by atoms with E-state index >= 15 is 0 Å². The van der Waals surface area contributed by atoms with E-state index in [1.165, 1.54) is 9.47 Å². The van der Waals surface area contributed by atoms with E-state index in [0.717, 1.165) is 11.8 Å². The fraction of sp³-hybridized carbons (Fsp3) is 0.200. The lowest BCUT2D eigenvalue weighted by Gasteiger charge is -2.42. The molecule has 5 rings (SSSR count). The average molecular weight is 475 g/mol. The van der Waals surface area contributed by atoms with Crippen molar-refractivity contribution in [2.24, 2.45) is 0 Å². The zero-order valence-corrected chi connectivity index (χ0v) is 19.5. The maximum atomic E-state index is 13.5. The monoisotopic (exact) mass is 474 g/mol. The fourth-order valence-corrected chi connectivity index (χ4v) is 4.89. The normalized spacial score (nSPS) is 14.6. The molecule has 0 unspecified atom stereocenters. The van der Waals surface area contributed by atoms with Gasteiger partial charge < -0.3 is 9.73 Å². The Hall–Kier alpha value is -3.85. The van der Waals surface area contributed by atoms with Gasteiger partial charge in [0.1, 0.15) is 11.3 Å². The SMILES string of the molecule is CC1(C)C(=O)Nc2ccccc2N1C(=O)CSc1nc2ccccc2c(=O)n1Cc1ccco1. The highest BCUT2D eigenvalue weighted by atomic mass is 32.2. The first-order chi connectivity index (χ1) is 16.4. The summed E-state index contributed by atoms with van der Waals surface area (Å²) in [4.78, 5) is 45.6. The van der Waals surface area contributed by atoms with Gasteiger partial charge in [0.15, 0.2) is 5.16 Å². The van der Waals surface area contributed by atoms with Gasteiger partial charge in [-0.25, -0.2) is 4.98 Å². The third-order valence-electron chi connectivity index (χ3n) is 5.80. The fourth-order valence-electron chi connectivity index (χ4n) is 4.04. The Balaban J connectivity index is 1.50. The number of anilines is 2. The van der Waals surface area contributed by atoms with Crippen molar-refractivity contribution in [2.75, 3.05) is 16.0 Å². The number of benzene rings is 2. The molecule has 0 aliphatic carbocycles. The van der Waals surface area contributed by atoms with Crippen molar-refractivity contribution in [3.05, 3.63) is 83.0 Å². The van der Waals surface area contributed by atoms with Crippen molar-refractivity contribution >= 4 is 45.9 Å². The van der Waals surface area contributed by atoms with Gasteiger partial charge >= 0.3 is 0 Å². The number of thioether (sulfide) groups is 1. The molecular weight excluding hydrogens is 452 g/mol. The van der Waals surface area contributed by atoms with Crippen molar-refractivity contribution in [1.29, 1.82) is 0 Å². The lowest BCUT2D eigenvalue weighted by molar-refractivity contribution is -0.125. The molecule has 0 radical (unpaired) electrons. The molecule has 34 heavy (non-hydrogen) atoms. The molecule has 0 spiro atoms. The summed E-state index contributed by atoms with van der Waals surface area (Å²) in [6, 6.07) is 17.9. The predicted octanol–water partition coefficient (Wildman–Crippen LogP) is 3.89. The second-order valence-corrected chi connectivity index (χ2v) is 9.37. The van der Waals surface area contributed by atoms with Crippen LogP contribution in [0.3, 0.4) is 0 Å². The number of nitrogens with zero attached hydrogens (tertiary/aromatic N) is 3. The molecule has 1 aliphatic heterocycles. The third-order valence-corrected chi connectivity index (χ3v) is 6.76. The Morgan fingerprint density at radius 2 is 1.82 bits per heavy atom. The smallest absolute Gasteiger partial charge is 0.262 e. The van der Waals surface area contributed by atoms with E-state index in [4.69, 9.17) is 4.42 Å². The number of aromatic nitrogens is 2. The summed E-state index contributed by atoms with van der Waals surface area (Å²) in [5.41, 5.74) is 0.499. The predicted molar refractivity (Wildman–Crippen MR) is 131 cm³/mol. The highest BCUT2D eigenvalue weighted by Crippen LogP contribution is 2.37. The molecule has 2 amide bonds. The first-order valence-electron chi connectivity index (χ1n) is 10.7. The Morgan fingerprint density at radius 1 is 1.06 bits per heavy atom. The minimum absolute atomic E-state index is 0.00597. The van der Waals surface area contributed by atoms with E-state index in [1.54, 1.807) is 68.6 Å². The maximum Gasteiger partial charge on any atom is 0.262 e. The second-order valence-electron chi connectivity index (χ2n) is 8.43. The largest absolute Gasteiger partial charge is 0.467 e. The van der Waals surface area contributed by atoms with Gasteiger partial charge in [-0.15, -0.1) is 0 Å². The lowest BCUT2D eigenvalue weighted by atomic mass is 9.96. The average Bonchev–Trinajstić information content (AvgIpc) is 3.33. The molecule has 2 aromatic heterocycles. The standard InChI is InChI=1S/C25H22N4O4S/c1-25(2)23(32)26-19-11-5-6-12-20(19)29(25)21(30)15-34-24-27-18-10-4-3-9-17(18)22(31)28(24)14-16-8-7-13-33-16/h3-13H,14-15H2,1-2H3,(H,26,32). The Morgan fingerprint density at radius 3 is 2.62 bits per heavy atom. The topological polar surface area (TPSA) is 97.4 Å². The van der Waals surface area contributed by atoms with E-state index in [2.05, 4.69) is 10.3 Å². The lowest BCUT2D eigenvalue weighted by Crippen LogP contribution is -2.59. The van der Waals surface area contributed by atoms with Gasteiger partial charge in [0.05, 0.1) is 40.8 Å². The van der Waals surface area contributed by atoms with Crippen molar-refractivity contribution in [2.45, 2.75) is 31.1 Å². The minimum Gasteiger partial charge on any atom is -0.467 e. The molecule has 0 saturated heterocycles. The number of hydrogen-bond donors (Lipinski definition) is 1. The molecule has 1 aliphatic rings. The van der Waals surface area contributed by atoms with Gasteiger partial charge in [-0.2, -0.15) is 0 Å². The number of fused-ring (bicyclic) bond motifs is 2. The second kappa shape index (κ2) is 8.49. The van der Waals surface area contributed by atoms with Crippen LogP contribution >= 0.6 is 11.8 Å². The third kappa shape index (κ3) is 3.77. The molecule has 4 aromatic rings. The van der Waals surface area contributed by atoms with Crippen LogP contribution in [0.2, 0.25) is 0 Å². The Kier molecular flexibility index (Phi) is 5.49. The number of para-hydroxylation sites is 3. The Labute approximate surface area is 199 Å². The van der Waals surface area contributed by atoms with Crippen LogP contribution in [-0.4, -0.2) is 32.7 Å². The first kappa shape index (κ1) is 22.0. The van der Waals surface area contributed by atoms with Crippen molar-refractivity contribution in [3.8, 4) is 0 Å². The summed E-state index contributed by atoms with van der Waals surface area (Å²) in [5, 5.41) is 3.76. The molecule has 3 heterocycles. The number of hydrogen-bond acceptors (Lipinski definition) is 6. The summed E-state index contributed by atoms with van der Waals surface area (Å²) in [6.07, 6.45) is 1.55. The molecule has 172 valence electrons. The van der Waals surface area contributed by atoms with Crippen molar-refractivity contribution in [3.63, 3.8) is 0 Å². The van der Waals surface area contributed by atoms with Crippen LogP contribution in [0.5, 0.6) is 0 Å². The molecule has 0 fully saturated rings. The van der Waals surface area contributed by atoms with E-state index in [9.17, 15) is 14.4 Å². The molecule has 8 nitrogen and oxygen atoms in total. The number of furan rings is 1. The Bertz CT molecular complexity index is 1460. The first-order valence-corrected chi connectivity index (χ1v) is 11.7.